The predicted octanol–water partition coefficient (Wildman–Crippen LogP) is 1.64. The number of hydrogen-bond acceptors (Lipinski definition) is 3. The Kier molecular flexibility index (Phi) is 5.63. The fraction of sp³-hybridized carbons (Fsp3) is 0.556. The smallest absolute Gasteiger partial charge is 0.256 e. The first kappa shape index (κ1) is 17.8. The Morgan fingerprint density at radius 2 is 1.84 bits per heavy atom. The molecule has 1 unspecified atom stereocenters. The summed E-state index contributed by atoms with van der Waals surface area (Å²) < 4.78 is 26.7. The Hall–Kier alpha value is -2.02. The highest BCUT2D eigenvalue weighted by molar-refractivity contribution is 5.94. The summed E-state index contributed by atoms with van der Waals surface area (Å²) in [6.45, 7) is 3.66. The monoisotopic (exact) mass is 351 g/mol. The number of nitrogens with zero attached hydrogens (tertiary/aromatic N) is 2. The molecule has 136 valence electrons. The van der Waals surface area contributed by atoms with Crippen LogP contribution >= 0.6 is 0 Å². The van der Waals surface area contributed by atoms with E-state index in [1.807, 2.05) is 0 Å². The zero-order chi connectivity index (χ0) is 17.8. The van der Waals surface area contributed by atoms with Gasteiger partial charge in [0.1, 0.15) is 11.6 Å². The summed E-state index contributed by atoms with van der Waals surface area (Å²) in [5, 5.41) is 3.29. The average Bonchev–Trinajstić information content (AvgIpc) is 3.13. The lowest BCUT2D eigenvalue weighted by molar-refractivity contribution is -0.133. The topological polar surface area (TPSA) is 52.7 Å². The van der Waals surface area contributed by atoms with Crippen LogP contribution < -0.4 is 5.32 Å². The lowest BCUT2D eigenvalue weighted by Gasteiger charge is -2.35. The summed E-state index contributed by atoms with van der Waals surface area (Å²) >= 11 is 0. The van der Waals surface area contributed by atoms with Gasteiger partial charge in [0.2, 0.25) is 5.91 Å². The summed E-state index contributed by atoms with van der Waals surface area (Å²) in [5.41, 5.74) is -0.130. The lowest BCUT2D eigenvalue weighted by Crippen LogP contribution is -2.50. The minimum Gasteiger partial charge on any atom is -0.339 e. The number of carbonyl (C=O) groups is 2. The van der Waals surface area contributed by atoms with Gasteiger partial charge >= 0.3 is 0 Å². The number of nitrogens with one attached hydrogen (secondary N) is 1. The molecule has 1 N–H and O–H groups in total. The third kappa shape index (κ3) is 4.34. The van der Waals surface area contributed by atoms with Gasteiger partial charge in [-0.1, -0.05) is 0 Å². The Bertz CT molecular complexity index is 639. The molecule has 3 rings (SSSR count). The molecule has 0 radical (unpaired) electrons. The van der Waals surface area contributed by atoms with Crippen LogP contribution in [-0.4, -0.2) is 60.9 Å². The van der Waals surface area contributed by atoms with E-state index in [0.717, 1.165) is 32.0 Å². The average molecular weight is 351 g/mol. The third-order valence-electron chi connectivity index (χ3n) is 5.01. The summed E-state index contributed by atoms with van der Waals surface area (Å²) in [4.78, 5) is 27.9. The number of halogens is 2. The second-order valence-electron chi connectivity index (χ2n) is 6.69. The van der Waals surface area contributed by atoms with Gasteiger partial charge in [-0.05, 0) is 44.0 Å². The molecule has 2 heterocycles. The van der Waals surface area contributed by atoms with E-state index in [0.29, 0.717) is 44.6 Å². The third-order valence-corrected chi connectivity index (χ3v) is 5.01. The highest BCUT2D eigenvalue weighted by Crippen LogP contribution is 2.17. The molecule has 1 aromatic carbocycles. The SMILES string of the molecule is O=C(CCC1CCNC1)N1CCN(C(=O)c2ccc(F)cc2F)CC1. The first-order valence-electron chi connectivity index (χ1n) is 8.77. The number of carbonyl (C=O) groups excluding carboxylic acids is 2. The van der Waals surface area contributed by atoms with Gasteiger partial charge in [0.05, 0.1) is 5.56 Å². The quantitative estimate of drug-likeness (QED) is 0.897. The summed E-state index contributed by atoms with van der Waals surface area (Å²) in [6, 6.07) is 2.96. The van der Waals surface area contributed by atoms with Crippen LogP contribution in [0.25, 0.3) is 0 Å². The van der Waals surface area contributed by atoms with E-state index in [2.05, 4.69) is 5.32 Å². The van der Waals surface area contributed by atoms with Gasteiger partial charge in [-0.3, -0.25) is 9.59 Å². The highest BCUT2D eigenvalue weighted by Gasteiger charge is 2.27. The Labute approximate surface area is 146 Å². The minimum atomic E-state index is -0.853. The van der Waals surface area contributed by atoms with Crippen molar-refractivity contribution in [2.24, 2.45) is 5.92 Å². The van der Waals surface area contributed by atoms with E-state index < -0.39 is 17.5 Å². The number of rotatable bonds is 4. The molecule has 25 heavy (non-hydrogen) atoms. The van der Waals surface area contributed by atoms with Crippen LogP contribution in [0.2, 0.25) is 0 Å². The highest BCUT2D eigenvalue weighted by atomic mass is 19.1. The number of amides is 2. The van der Waals surface area contributed by atoms with E-state index in [9.17, 15) is 18.4 Å². The first-order chi connectivity index (χ1) is 12.0. The van der Waals surface area contributed by atoms with E-state index in [1.165, 1.54) is 11.0 Å². The lowest BCUT2D eigenvalue weighted by atomic mass is 10.0. The fourth-order valence-electron chi connectivity index (χ4n) is 3.44. The van der Waals surface area contributed by atoms with Crippen molar-refractivity contribution in [1.82, 2.24) is 15.1 Å². The predicted molar refractivity (Wildman–Crippen MR) is 89.1 cm³/mol. The number of hydrogen-bond donors (Lipinski definition) is 1. The maximum absolute atomic E-state index is 13.8. The van der Waals surface area contributed by atoms with Crippen LogP contribution in [0.15, 0.2) is 18.2 Å². The van der Waals surface area contributed by atoms with Crippen molar-refractivity contribution in [3.05, 3.63) is 35.4 Å². The van der Waals surface area contributed by atoms with Crippen molar-refractivity contribution in [1.29, 1.82) is 0 Å². The van der Waals surface area contributed by atoms with E-state index >= 15 is 0 Å². The Morgan fingerprint density at radius 1 is 1.12 bits per heavy atom. The van der Waals surface area contributed by atoms with E-state index in [1.54, 1.807) is 4.90 Å². The van der Waals surface area contributed by atoms with Crippen molar-refractivity contribution >= 4 is 11.8 Å². The molecule has 0 bridgehead atoms. The molecular weight excluding hydrogens is 328 g/mol. The van der Waals surface area contributed by atoms with Gasteiger partial charge in [-0.2, -0.15) is 0 Å². The van der Waals surface area contributed by atoms with Gasteiger partial charge in [-0.25, -0.2) is 8.78 Å². The molecule has 0 spiro atoms. The number of piperazine rings is 1. The van der Waals surface area contributed by atoms with Crippen LogP contribution in [-0.2, 0) is 4.79 Å². The van der Waals surface area contributed by atoms with Gasteiger partial charge in [-0.15, -0.1) is 0 Å². The summed E-state index contributed by atoms with van der Waals surface area (Å²) in [5.74, 6) is -1.32. The molecule has 1 aromatic rings. The molecule has 2 saturated heterocycles. The Balaban J connectivity index is 1.49. The van der Waals surface area contributed by atoms with Crippen molar-refractivity contribution in [3.8, 4) is 0 Å². The zero-order valence-corrected chi connectivity index (χ0v) is 14.1. The molecule has 0 aliphatic carbocycles. The van der Waals surface area contributed by atoms with Gasteiger partial charge < -0.3 is 15.1 Å². The van der Waals surface area contributed by atoms with Crippen molar-refractivity contribution in [3.63, 3.8) is 0 Å². The molecule has 2 aliphatic rings. The number of benzene rings is 1. The van der Waals surface area contributed by atoms with Crippen molar-refractivity contribution in [2.75, 3.05) is 39.3 Å². The first-order valence-corrected chi connectivity index (χ1v) is 8.77. The molecule has 2 fully saturated rings. The van der Waals surface area contributed by atoms with Crippen molar-refractivity contribution in [2.45, 2.75) is 19.3 Å². The Morgan fingerprint density at radius 3 is 2.48 bits per heavy atom. The molecule has 2 aliphatic heterocycles. The second-order valence-corrected chi connectivity index (χ2v) is 6.69. The standard InChI is InChI=1S/C18H23F2N3O2/c19-14-2-3-15(16(20)11-14)18(25)23-9-7-22(8-10-23)17(24)4-1-13-5-6-21-12-13/h2-3,11,13,21H,1,4-10,12H2. The largest absolute Gasteiger partial charge is 0.339 e. The van der Waals surface area contributed by atoms with Crippen LogP contribution in [0.4, 0.5) is 8.78 Å². The molecule has 2 amide bonds. The molecule has 5 nitrogen and oxygen atoms in total. The van der Waals surface area contributed by atoms with Gasteiger partial charge in [0.25, 0.3) is 5.91 Å². The van der Waals surface area contributed by atoms with E-state index in [4.69, 9.17) is 0 Å². The van der Waals surface area contributed by atoms with E-state index in [-0.39, 0.29) is 11.5 Å². The molecule has 0 saturated carbocycles. The van der Waals surface area contributed by atoms with Crippen LogP contribution in [0, 0.1) is 17.6 Å². The fourth-order valence-corrected chi connectivity index (χ4v) is 3.44. The minimum absolute atomic E-state index is 0.118. The molecule has 7 heteroatoms. The normalized spacial score (nSPS) is 20.8. The molecule has 0 aromatic heterocycles. The van der Waals surface area contributed by atoms with Gasteiger partial charge in [0.15, 0.2) is 0 Å². The maximum atomic E-state index is 13.8. The summed E-state index contributed by atoms with van der Waals surface area (Å²) in [7, 11) is 0. The maximum Gasteiger partial charge on any atom is 0.256 e. The van der Waals surface area contributed by atoms with Gasteiger partial charge in [0, 0.05) is 38.7 Å². The molecule has 1 atom stereocenters. The second kappa shape index (κ2) is 7.91. The molecular formula is C18H23F2N3O2. The summed E-state index contributed by atoms with van der Waals surface area (Å²) in [6.07, 6.45) is 2.55. The van der Waals surface area contributed by atoms with Crippen LogP contribution in [0.3, 0.4) is 0 Å². The van der Waals surface area contributed by atoms with Crippen molar-refractivity contribution < 1.29 is 18.4 Å². The van der Waals surface area contributed by atoms with Crippen LogP contribution in [0.1, 0.15) is 29.6 Å². The zero-order valence-electron chi connectivity index (χ0n) is 14.1. The van der Waals surface area contributed by atoms with Crippen LogP contribution in [0.5, 0.6) is 0 Å².